The molecule has 0 aliphatic heterocycles. The van der Waals surface area contributed by atoms with Gasteiger partial charge in [0.25, 0.3) is 6.43 Å². The molecule has 0 aliphatic rings. The van der Waals surface area contributed by atoms with Crippen LogP contribution >= 0.6 is 0 Å². The third-order valence-corrected chi connectivity index (χ3v) is 2.81. The first kappa shape index (κ1) is 16.8. The smallest absolute Gasteiger partial charge is 0.263 e. The van der Waals surface area contributed by atoms with Gasteiger partial charge in [-0.05, 0) is 12.5 Å². The van der Waals surface area contributed by atoms with Crippen LogP contribution in [0.5, 0.6) is 0 Å². The van der Waals surface area contributed by atoms with Crippen molar-refractivity contribution in [2.24, 2.45) is 5.73 Å². The Morgan fingerprint density at radius 1 is 1.30 bits per heavy atom. The zero-order valence-corrected chi connectivity index (χ0v) is 11.7. The molecule has 0 aromatic heterocycles. The van der Waals surface area contributed by atoms with Crippen LogP contribution in [0.4, 0.5) is 8.78 Å². The summed E-state index contributed by atoms with van der Waals surface area (Å²) in [5.74, 6) is 0. The lowest BCUT2D eigenvalue weighted by Gasteiger charge is -2.17. The van der Waals surface area contributed by atoms with Crippen molar-refractivity contribution in [2.75, 3.05) is 26.3 Å². The molecule has 0 fully saturated rings. The van der Waals surface area contributed by atoms with Crippen molar-refractivity contribution in [1.29, 1.82) is 0 Å². The molecule has 0 amide bonds. The fourth-order valence-corrected chi connectivity index (χ4v) is 1.76. The van der Waals surface area contributed by atoms with Crippen LogP contribution < -0.4 is 11.1 Å². The largest absolute Gasteiger partial charge is 0.376 e. The molecule has 0 radical (unpaired) electrons. The van der Waals surface area contributed by atoms with Gasteiger partial charge in [0.15, 0.2) is 0 Å². The summed E-state index contributed by atoms with van der Waals surface area (Å²) in [6.45, 7) is 7.79. The normalized spacial score (nSPS) is 12.7. The molecule has 0 spiro atoms. The minimum Gasteiger partial charge on any atom is -0.376 e. The second-order valence-electron chi connectivity index (χ2n) is 4.72. The van der Waals surface area contributed by atoms with Gasteiger partial charge in [0, 0.05) is 24.7 Å². The quantitative estimate of drug-likeness (QED) is 0.541. The molecule has 0 bridgehead atoms. The van der Waals surface area contributed by atoms with E-state index in [9.17, 15) is 8.78 Å². The number of benzene rings is 1. The van der Waals surface area contributed by atoms with Gasteiger partial charge < -0.3 is 15.8 Å². The lowest BCUT2D eigenvalue weighted by atomic mass is 10.0. The third-order valence-electron chi connectivity index (χ3n) is 2.81. The van der Waals surface area contributed by atoms with Gasteiger partial charge >= 0.3 is 0 Å². The monoisotopic (exact) mass is 284 g/mol. The van der Waals surface area contributed by atoms with E-state index in [-0.39, 0.29) is 11.6 Å². The summed E-state index contributed by atoms with van der Waals surface area (Å²) < 4.78 is 30.3. The summed E-state index contributed by atoms with van der Waals surface area (Å²) in [5, 5.41) is 3.24. The van der Waals surface area contributed by atoms with E-state index >= 15 is 0 Å². The first-order valence-electron chi connectivity index (χ1n) is 6.58. The van der Waals surface area contributed by atoms with Crippen molar-refractivity contribution in [2.45, 2.75) is 19.4 Å². The van der Waals surface area contributed by atoms with Crippen LogP contribution in [-0.4, -0.2) is 26.3 Å². The molecule has 3 nitrogen and oxygen atoms in total. The zero-order valence-electron chi connectivity index (χ0n) is 11.7. The Morgan fingerprint density at radius 2 is 1.90 bits per heavy atom. The van der Waals surface area contributed by atoms with Gasteiger partial charge in [-0.25, -0.2) is 8.78 Å². The Kier molecular flexibility index (Phi) is 7.36. The second-order valence-corrected chi connectivity index (χ2v) is 4.72. The Labute approximate surface area is 118 Å². The van der Waals surface area contributed by atoms with Crippen LogP contribution in [-0.2, 0) is 4.74 Å². The summed E-state index contributed by atoms with van der Waals surface area (Å²) in [4.78, 5) is 0. The van der Waals surface area contributed by atoms with Crippen LogP contribution in [0.3, 0.4) is 0 Å². The van der Waals surface area contributed by atoms with Crippen LogP contribution in [0, 0.1) is 0 Å². The number of ether oxygens (including phenoxy) is 1. The summed E-state index contributed by atoms with van der Waals surface area (Å²) >= 11 is 0. The van der Waals surface area contributed by atoms with Gasteiger partial charge in [-0.3, -0.25) is 0 Å². The molecule has 1 aromatic carbocycles. The molecule has 1 unspecified atom stereocenters. The summed E-state index contributed by atoms with van der Waals surface area (Å²) in [6, 6.07) is 6.17. The Bertz CT molecular complexity index is 407. The van der Waals surface area contributed by atoms with E-state index in [1.165, 1.54) is 12.1 Å². The minimum atomic E-state index is -2.44. The van der Waals surface area contributed by atoms with E-state index in [1.54, 1.807) is 12.1 Å². The lowest BCUT2D eigenvalue weighted by Crippen LogP contribution is -2.31. The molecule has 1 atom stereocenters. The number of alkyl halides is 2. The second kappa shape index (κ2) is 8.79. The highest BCUT2D eigenvalue weighted by Gasteiger charge is 2.11. The van der Waals surface area contributed by atoms with Gasteiger partial charge in [0.05, 0.1) is 13.2 Å². The molecule has 0 saturated heterocycles. The Hall–Kier alpha value is -1.30. The van der Waals surface area contributed by atoms with E-state index in [0.717, 1.165) is 11.1 Å². The number of halogens is 2. The van der Waals surface area contributed by atoms with Crippen LogP contribution in [0.2, 0.25) is 0 Å². The molecule has 112 valence electrons. The molecule has 0 heterocycles. The van der Waals surface area contributed by atoms with E-state index < -0.39 is 6.43 Å². The number of nitrogens with two attached hydrogens (primary N) is 1. The van der Waals surface area contributed by atoms with E-state index in [0.29, 0.717) is 26.3 Å². The van der Waals surface area contributed by atoms with E-state index in [2.05, 4.69) is 11.9 Å². The maximum absolute atomic E-state index is 12.5. The maximum atomic E-state index is 12.5. The summed E-state index contributed by atoms with van der Waals surface area (Å²) in [6.07, 6.45) is -2.44. The predicted molar refractivity (Wildman–Crippen MR) is 76.8 cm³/mol. The highest BCUT2D eigenvalue weighted by atomic mass is 19.3. The highest BCUT2D eigenvalue weighted by molar-refractivity contribution is 5.26. The molecule has 1 aromatic rings. The van der Waals surface area contributed by atoms with Gasteiger partial charge in [-0.2, -0.15) is 0 Å². The summed E-state index contributed by atoms with van der Waals surface area (Å²) in [5.41, 5.74) is 7.60. The molecule has 3 N–H and O–H groups in total. The molecule has 5 heteroatoms. The average molecular weight is 284 g/mol. The number of hydrogen-bond acceptors (Lipinski definition) is 3. The number of hydrogen-bond donors (Lipinski definition) is 2. The average Bonchev–Trinajstić information content (AvgIpc) is 2.42. The van der Waals surface area contributed by atoms with Crippen LogP contribution in [0.15, 0.2) is 36.4 Å². The molecule has 0 saturated carbocycles. The van der Waals surface area contributed by atoms with Gasteiger partial charge in [-0.1, -0.05) is 36.4 Å². The zero-order chi connectivity index (χ0) is 15.0. The first-order valence-corrected chi connectivity index (χ1v) is 6.58. The van der Waals surface area contributed by atoms with E-state index in [1.807, 2.05) is 6.92 Å². The van der Waals surface area contributed by atoms with Crippen molar-refractivity contribution in [3.05, 3.63) is 47.5 Å². The van der Waals surface area contributed by atoms with E-state index in [4.69, 9.17) is 10.5 Å². The highest BCUT2D eigenvalue weighted by Crippen LogP contribution is 2.20. The van der Waals surface area contributed by atoms with Crippen LogP contribution in [0.25, 0.3) is 0 Å². The molecule has 1 rings (SSSR count). The molecule has 20 heavy (non-hydrogen) atoms. The van der Waals surface area contributed by atoms with Crippen molar-refractivity contribution in [3.8, 4) is 0 Å². The summed E-state index contributed by atoms with van der Waals surface area (Å²) in [7, 11) is 0. The number of nitrogens with one attached hydrogen (secondary N) is 1. The van der Waals surface area contributed by atoms with Crippen molar-refractivity contribution >= 4 is 0 Å². The SMILES string of the molecule is C=C(C)COCCNC(CN)c1ccc(C(F)F)cc1. The third kappa shape index (κ3) is 5.77. The Balaban J connectivity index is 2.43. The fourth-order valence-electron chi connectivity index (χ4n) is 1.76. The fraction of sp³-hybridized carbons (Fsp3) is 0.467. The minimum absolute atomic E-state index is 0.0225. The predicted octanol–water partition coefficient (Wildman–Crippen LogP) is 2.81. The van der Waals surface area contributed by atoms with Gasteiger partial charge in [0.1, 0.15) is 0 Å². The topological polar surface area (TPSA) is 47.3 Å². The lowest BCUT2D eigenvalue weighted by molar-refractivity contribution is 0.151. The van der Waals surface area contributed by atoms with Gasteiger partial charge in [-0.15, -0.1) is 0 Å². The standard InChI is InChI=1S/C15H22F2N2O/c1-11(2)10-20-8-7-19-14(9-18)12-3-5-13(6-4-12)15(16)17/h3-6,14-15,19H,1,7-10,18H2,2H3. The Morgan fingerprint density at radius 3 is 2.40 bits per heavy atom. The van der Waals surface area contributed by atoms with Crippen molar-refractivity contribution in [3.63, 3.8) is 0 Å². The maximum Gasteiger partial charge on any atom is 0.263 e. The van der Waals surface area contributed by atoms with Crippen molar-refractivity contribution < 1.29 is 13.5 Å². The molecular formula is C15H22F2N2O. The first-order chi connectivity index (χ1) is 9.54. The van der Waals surface area contributed by atoms with Crippen LogP contribution in [0.1, 0.15) is 30.5 Å². The molecule has 0 aliphatic carbocycles. The van der Waals surface area contributed by atoms with Gasteiger partial charge in [0.2, 0.25) is 0 Å². The molecular weight excluding hydrogens is 262 g/mol. The number of rotatable bonds is 9. The van der Waals surface area contributed by atoms with Crippen molar-refractivity contribution in [1.82, 2.24) is 5.32 Å².